The van der Waals surface area contributed by atoms with E-state index in [2.05, 4.69) is 15.3 Å². The smallest absolute Gasteiger partial charge is 0.186 e. The summed E-state index contributed by atoms with van der Waals surface area (Å²) in [6.45, 7) is 4.95. The second kappa shape index (κ2) is 4.32. The molecule has 78 valence electrons. The van der Waals surface area contributed by atoms with E-state index in [0.717, 1.165) is 0 Å². The van der Waals surface area contributed by atoms with Gasteiger partial charge in [-0.15, -0.1) is 0 Å². The highest BCUT2D eigenvalue weighted by Gasteiger charge is 2.11. The first-order valence-corrected chi connectivity index (χ1v) is 4.42. The van der Waals surface area contributed by atoms with Gasteiger partial charge in [-0.05, 0) is 20.8 Å². The van der Waals surface area contributed by atoms with Crippen molar-refractivity contribution in [2.24, 2.45) is 0 Å². The molecule has 0 aliphatic rings. The maximum Gasteiger partial charge on any atom is 0.186 e. The number of hydrogen-bond donors (Lipinski definition) is 2. The van der Waals surface area contributed by atoms with E-state index in [1.165, 1.54) is 0 Å². The third-order valence-corrected chi connectivity index (χ3v) is 1.79. The second-order valence-electron chi connectivity index (χ2n) is 3.25. The summed E-state index contributed by atoms with van der Waals surface area (Å²) in [5, 5.41) is 11.6. The maximum atomic E-state index is 13.4. The molecule has 0 aromatic carbocycles. The lowest BCUT2D eigenvalue weighted by molar-refractivity contribution is 0.281. The Morgan fingerprint density at radius 2 is 2.07 bits per heavy atom. The molecule has 0 saturated heterocycles. The van der Waals surface area contributed by atoms with Crippen LogP contribution in [0.15, 0.2) is 0 Å². The van der Waals surface area contributed by atoms with E-state index in [0.29, 0.717) is 11.5 Å². The van der Waals surface area contributed by atoms with Crippen molar-refractivity contribution in [3.63, 3.8) is 0 Å². The van der Waals surface area contributed by atoms with Crippen molar-refractivity contribution in [1.29, 1.82) is 0 Å². The minimum Gasteiger partial charge on any atom is -0.394 e. The van der Waals surface area contributed by atoms with Gasteiger partial charge >= 0.3 is 0 Å². The lowest BCUT2D eigenvalue weighted by Crippen LogP contribution is -2.21. The monoisotopic (exact) mass is 199 g/mol. The number of aromatic nitrogens is 2. The third kappa shape index (κ3) is 2.38. The van der Waals surface area contributed by atoms with E-state index in [-0.39, 0.29) is 18.5 Å². The van der Waals surface area contributed by atoms with Crippen molar-refractivity contribution >= 4 is 5.82 Å². The molecule has 1 rings (SSSR count). The van der Waals surface area contributed by atoms with Gasteiger partial charge in [0, 0.05) is 6.04 Å². The molecule has 0 spiro atoms. The summed E-state index contributed by atoms with van der Waals surface area (Å²) in [5.74, 6) is 0.198. The Morgan fingerprint density at radius 1 is 1.43 bits per heavy atom. The van der Waals surface area contributed by atoms with Crippen LogP contribution in [-0.2, 0) is 0 Å². The highest BCUT2D eigenvalue weighted by atomic mass is 19.1. The van der Waals surface area contributed by atoms with Gasteiger partial charge in [-0.2, -0.15) is 0 Å². The summed E-state index contributed by atoms with van der Waals surface area (Å²) in [6.07, 6.45) is 0. The van der Waals surface area contributed by atoms with Gasteiger partial charge in [0.2, 0.25) is 0 Å². The first-order valence-electron chi connectivity index (χ1n) is 4.42. The Morgan fingerprint density at radius 3 is 2.64 bits per heavy atom. The zero-order chi connectivity index (χ0) is 10.7. The topological polar surface area (TPSA) is 58.0 Å². The lowest BCUT2D eigenvalue weighted by atomic mass is 10.3. The Bertz CT molecular complexity index is 330. The van der Waals surface area contributed by atoms with E-state index in [1.54, 1.807) is 20.8 Å². The van der Waals surface area contributed by atoms with E-state index in [4.69, 9.17) is 5.11 Å². The van der Waals surface area contributed by atoms with Crippen molar-refractivity contribution in [1.82, 2.24) is 9.97 Å². The first-order chi connectivity index (χ1) is 6.54. The minimum atomic E-state index is -0.462. The Balaban J connectivity index is 2.96. The number of nitrogens with one attached hydrogen (secondary N) is 1. The molecule has 4 nitrogen and oxygen atoms in total. The van der Waals surface area contributed by atoms with Gasteiger partial charge < -0.3 is 10.4 Å². The molecule has 1 aromatic heterocycles. The molecule has 0 aliphatic carbocycles. The fraction of sp³-hybridized carbons (Fsp3) is 0.556. The van der Waals surface area contributed by atoms with Crippen molar-refractivity contribution in [3.05, 3.63) is 17.3 Å². The molecule has 14 heavy (non-hydrogen) atoms. The molecular formula is C9H14FN3O. The average Bonchev–Trinajstić information content (AvgIpc) is 2.13. The predicted molar refractivity (Wildman–Crippen MR) is 51.6 cm³/mol. The molecule has 0 saturated carbocycles. The highest BCUT2D eigenvalue weighted by Crippen LogP contribution is 2.14. The number of aliphatic hydroxyl groups excluding tert-OH is 1. The van der Waals surface area contributed by atoms with E-state index in [9.17, 15) is 4.39 Å². The van der Waals surface area contributed by atoms with Gasteiger partial charge in [0.15, 0.2) is 11.6 Å². The highest BCUT2D eigenvalue weighted by molar-refractivity contribution is 5.38. The zero-order valence-electron chi connectivity index (χ0n) is 8.50. The average molecular weight is 199 g/mol. The van der Waals surface area contributed by atoms with Crippen LogP contribution in [0.5, 0.6) is 0 Å². The van der Waals surface area contributed by atoms with Gasteiger partial charge in [-0.1, -0.05) is 0 Å². The summed E-state index contributed by atoms with van der Waals surface area (Å²) < 4.78 is 13.4. The van der Waals surface area contributed by atoms with E-state index in [1.807, 2.05) is 0 Å². The zero-order valence-corrected chi connectivity index (χ0v) is 8.50. The molecule has 0 bridgehead atoms. The van der Waals surface area contributed by atoms with Crippen LogP contribution in [0.3, 0.4) is 0 Å². The van der Waals surface area contributed by atoms with Crippen molar-refractivity contribution in [3.8, 4) is 0 Å². The number of rotatable bonds is 3. The first kappa shape index (κ1) is 10.8. The van der Waals surface area contributed by atoms with Gasteiger partial charge in [-0.25, -0.2) is 14.4 Å². The summed E-state index contributed by atoms with van der Waals surface area (Å²) in [6, 6.07) is -0.224. The van der Waals surface area contributed by atoms with Crippen LogP contribution in [0.25, 0.3) is 0 Å². The summed E-state index contributed by atoms with van der Waals surface area (Å²) in [7, 11) is 0. The van der Waals surface area contributed by atoms with Crippen LogP contribution in [0.1, 0.15) is 18.4 Å². The fourth-order valence-electron chi connectivity index (χ4n) is 1.07. The van der Waals surface area contributed by atoms with Gasteiger partial charge in [0.25, 0.3) is 0 Å². The minimum absolute atomic E-state index is 0.0679. The molecule has 0 aliphatic heterocycles. The summed E-state index contributed by atoms with van der Waals surface area (Å²) in [4.78, 5) is 7.79. The molecule has 0 fully saturated rings. The number of nitrogens with zero attached hydrogens (tertiary/aromatic N) is 2. The summed E-state index contributed by atoms with van der Waals surface area (Å²) >= 11 is 0. The largest absolute Gasteiger partial charge is 0.394 e. The number of anilines is 1. The van der Waals surface area contributed by atoms with Crippen molar-refractivity contribution in [2.45, 2.75) is 26.8 Å². The van der Waals surface area contributed by atoms with Crippen LogP contribution in [0.2, 0.25) is 0 Å². The number of hydrogen-bond acceptors (Lipinski definition) is 4. The Kier molecular flexibility index (Phi) is 3.35. The number of aryl methyl sites for hydroxylation is 2. The van der Waals surface area contributed by atoms with Crippen LogP contribution < -0.4 is 5.32 Å². The molecule has 0 radical (unpaired) electrons. The predicted octanol–water partition coefficient (Wildman–Crippen LogP) is 1.03. The molecule has 2 N–H and O–H groups in total. The molecule has 1 unspecified atom stereocenters. The molecular weight excluding hydrogens is 185 g/mol. The SMILES string of the molecule is Cc1nc(C)c(F)c(NC(C)CO)n1. The summed E-state index contributed by atoms with van der Waals surface area (Å²) in [5.41, 5.74) is 0.310. The van der Waals surface area contributed by atoms with Crippen LogP contribution >= 0.6 is 0 Å². The van der Waals surface area contributed by atoms with Gasteiger partial charge in [0.1, 0.15) is 5.82 Å². The maximum absolute atomic E-state index is 13.4. The number of halogens is 1. The van der Waals surface area contributed by atoms with Gasteiger partial charge in [-0.3, -0.25) is 0 Å². The van der Waals surface area contributed by atoms with Crippen molar-refractivity contribution in [2.75, 3.05) is 11.9 Å². The molecule has 5 heteroatoms. The Labute approximate surface area is 82.2 Å². The molecule has 1 atom stereocenters. The fourth-order valence-corrected chi connectivity index (χ4v) is 1.07. The van der Waals surface area contributed by atoms with E-state index < -0.39 is 5.82 Å². The molecule has 1 heterocycles. The van der Waals surface area contributed by atoms with E-state index >= 15 is 0 Å². The quantitative estimate of drug-likeness (QED) is 0.763. The number of aliphatic hydroxyl groups is 1. The molecule has 0 amide bonds. The third-order valence-electron chi connectivity index (χ3n) is 1.79. The van der Waals surface area contributed by atoms with Crippen molar-refractivity contribution < 1.29 is 9.50 Å². The van der Waals surface area contributed by atoms with Crippen LogP contribution in [-0.4, -0.2) is 27.7 Å². The van der Waals surface area contributed by atoms with Crippen LogP contribution in [0, 0.1) is 19.7 Å². The lowest BCUT2D eigenvalue weighted by Gasteiger charge is -2.13. The van der Waals surface area contributed by atoms with Crippen LogP contribution in [0.4, 0.5) is 10.2 Å². The Hall–Kier alpha value is -1.23. The molecule has 1 aromatic rings. The van der Waals surface area contributed by atoms with Gasteiger partial charge in [0.05, 0.1) is 12.3 Å². The normalized spacial score (nSPS) is 12.6. The standard InChI is InChI=1S/C9H14FN3O/c1-5(4-14)11-9-8(10)6(2)12-7(3)13-9/h5,14H,4H2,1-3H3,(H,11,12,13). The second-order valence-corrected chi connectivity index (χ2v) is 3.25.